The smallest absolute Gasteiger partial charge is 0.214 e. The number of nitrogens with two attached hydrogens (primary N) is 1. The molecule has 0 bridgehead atoms. The Morgan fingerprint density at radius 1 is 1.78 bits per heavy atom. The Kier molecular flexibility index (Phi) is 0.797. The van der Waals surface area contributed by atoms with Gasteiger partial charge >= 0.3 is 0 Å². The topological polar surface area (TPSA) is 48.1 Å². The summed E-state index contributed by atoms with van der Waals surface area (Å²) in [5, 5.41) is 0. The number of pyridine rings is 1. The average Bonchev–Trinajstić information content (AvgIpc) is 1.82. The van der Waals surface area contributed by atoms with Gasteiger partial charge in [0.05, 0.1) is 11.2 Å². The van der Waals surface area contributed by atoms with Crippen LogP contribution in [0.15, 0.2) is 18.2 Å². The van der Waals surface area contributed by atoms with E-state index in [0.29, 0.717) is 0 Å². The molecule has 3 nitrogen and oxygen atoms in total. The minimum absolute atomic E-state index is 0.00926. The number of hydrogen-bond acceptors (Lipinski definition) is 3. The number of nitrogen functional groups attached to an aromatic ring is 1. The fraction of sp³-hybridized carbons (Fsp3) is 0.167. The monoisotopic (exact) mass is 127 g/mol. The standard InChI is InChI=1S/C6H8N2O/c1-9-6-4-2-3-5(7)8-6/h2-4H,1H3,(H2,7,8)/i1D3. The molecule has 0 unspecified atom stereocenters. The van der Waals surface area contributed by atoms with Crippen LogP contribution in [-0.4, -0.2) is 12.0 Å². The molecule has 0 saturated carbocycles. The fourth-order valence-electron chi connectivity index (χ4n) is 0.488. The van der Waals surface area contributed by atoms with Gasteiger partial charge in [0.25, 0.3) is 0 Å². The minimum Gasteiger partial charge on any atom is -0.481 e. The maximum Gasteiger partial charge on any atom is 0.214 e. The second-order valence-electron chi connectivity index (χ2n) is 1.50. The highest BCUT2D eigenvalue weighted by Gasteiger charge is 1.88. The van der Waals surface area contributed by atoms with Gasteiger partial charge in [-0.15, -0.1) is 0 Å². The van der Waals surface area contributed by atoms with E-state index in [0.717, 1.165) is 0 Å². The molecule has 0 aliphatic carbocycles. The zero-order valence-electron chi connectivity index (χ0n) is 7.66. The molecule has 0 atom stereocenters. The van der Waals surface area contributed by atoms with Crippen molar-refractivity contribution in [1.82, 2.24) is 4.98 Å². The summed E-state index contributed by atoms with van der Waals surface area (Å²) in [6.45, 7) is 0. The van der Waals surface area contributed by atoms with E-state index in [1.54, 1.807) is 12.1 Å². The number of anilines is 1. The van der Waals surface area contributed by atoms with Crippen LogP contribution in [-0.2, 0) is 0 Å². The Labute approximate surface area is 57.7 Å². The van der Waals surface area contributed by atoms with Gasteiger partial charge in [-0.3, -0.25) is 0 Å². The number of nitrogens with zero attached hydrogens (tertiary/aromatic N) is 1. The lowest BCUT2D eigenvalue weighted by molar-refractivity contribution is 0.398. The molecular weight excluding hydrogens is 116 g/mol. The van der Waals surface area contributed by atoms with Crippen molar-refractivity contribution >= 4 is 5.82 Å². The van der Waals surface area contributed by atoms with Crippen LogP contribution in [0.2, 0.25) is 0 Å². The Balaban J connectivity index is 2.77. The van der Waals surface area contributed by atoms with Gasteiger partial charge in [0.15, 0.2) is 0 Å². The van der Waals surface area contributed by atoms with E-state index in [1.165, 1.54) is 6.07 Å². The highest BCUT2D eigenvalue weighted by molar-refractivity contribution is 5.30. The number of methoxy groups -OCH3 is 1. The molecule has 0 radical (unpaired) electrons. The Morgan fingerprint density at radius 3 is 3.33 bits per heavy atom. The van der Waals surface area contributed by atoms with Crippen molar-refractivity contribution in [3.8, 4) is 5.88 Å². The summed E-state index contributed by atoms with van der Waals surface area (Å²) in [6.07, 6.45) is 0. The lowest BCUT2D eigenvalue weighted by atomic mass is 10.5. The number of ether oxygens (including phenoxy) is 1. The van der Waals surface area contributed by atoms with Crippen LogP contribution in [0.5, 0.6) is 5.88 Å². The lowest BCUT2D eigenvalue weighted by Crippen LogP contribution is -1.91. The normalized spacial score (nSPS) is 15.3. The van der Waals surface area contributed by atoms with E-state index in [9.17, 15) is 0 Å². The van der Waals surface area contributed by atoms with Crippen molar-refractivity contribution in [3.63, 3.8) is 0 Å². The molecule has 0 aliphatic heterocycles. The van der Waals surface area contributed by atoms with Crippen molar-refractivity contribution in [3.05, 3.63) is 18.2 Å². The minimum atomic E-state index is -2.47. The third-order valence-electron chi connectivity index (χ3n) is 0.850. The van der Waals surface area contributed by atoms with Crippen molar-refractivity contribution in [2.75, 3.05) is 12.8 Å². The second-order valence-corrected chi connectivity index (χ2v) is 1.50. The first-order valence-electron chi connectivity index (χ1n) is 3.89. The van der Waals surface area contributed by atoms with Gasteiger partial charge in [0, 0.05) is 6.07 Å². The molecule has 1 aromatic heterocycles. The zero-order chi connectivity index (χ0) is 9.19. The molecule has 0 saturated heterocycles. The summed E-state index contributed by atoms with van der Waals surface area (Å²) in [5.74, 6) is 0.242. The van der Waals surface area contributed by atoms with Crippen LogP contribution in [0.1, 0.15) is 4.11 Å². The molecule has 1 aromatic rings. The third-order valence-corrected chi connectivity index (χ3v) is 0.850. The van der Waals surface area contributed by atoms with Gasteiger partial charge in [0.1, 0.15) is 5.82 Å². The van der Waals surface area contributed by atoms with Gasteiger partial charge in [-0.25, -0.2) is 0 Å². The predicted molar refractivity (Wildman–Crippen MR) is 35.2 cm³/mol. The van der Waals surface area contributed by atoms with Gasteiger partial charge in [-0.1, -0.05) is 6.07 Å². The summed E-state index contributed by atoms with van der Waals surface area (Å²) in [4.78, 5) is 3.65. The summed E-state index contributed by atoms with van der Waals surface area (Å²) in [6, 6.07) is 4.55. The van der Waals surface area contributed by atoms with Crippen LogP contribution in [0, 0.1) is 0 Å². The number of aromatic nitrogens is 1. The maximum atomic E-state index is 6.77. The maximum absolute atomic E-state index is 6.77. The van der Waals surface area contributed by atoms with Gasteiger partial charge in [0.2, 0.25) is 5.88 Å². The molecule has 1 rings (SSSR count). The molecule has 1 heterocycles. The fourth-order valence-corrected chi connectivity index (χ4v) is 0.488. The molecular formula is C6H8N2O. The summed E-state index contributed by atoms with van der Waals surface area (Å²) in [5.41, 5.74) is 5.30. The molecule has 0 aliphatic rings. The molecule has 9 heavy (non-hydrogen) atoms. The van der Waals surface area contributed by atoms with Gasteiger partial charge < -0.3 is 10.5 Å². The summed E-state index contributed by atoms with van der Waals surface area (Å²) >= 11 is 0. The van der Waals surface area contributed by atoms with Crippen LogP contribution < -0.4 is 10.5 Å². The van der Waals surface area contributed by atoms with Crippen molar-refractivity contribution in [2.45, 2.75) is 0 Å². The third kappa shape index (κ3) is 1.32. The van der Waals surface area contributed by atoms with E-state index in [1.807, 2.05) is 0 Å². The molecule has 0 amide bonds. The second kappa shape index (κ2) is 2.35. The highest BCUT2D eigenvalue weighted by Crippen LogP contribution is 2.06. The van der Waals surface area contributed by atoms with E-state index in [2.05, 4.69) is 9.72 Å². The molecule has 0 spiro atoms. The highest BCUT2D eigenvalue weighted by atomic mass is 16.5. The quantitative estimate of drug-likeness (QED) is 0.603. The average molecular weight is 127 g/mol. The summed E-state index contributed by atoms with van der Waals surface area (Å²) < 4.78 is 24.8. The largest absolute Gasteiger partial charge is 0.481 e. The number of hydrogen-bond donors (Lipinski definition) is 1. The SMILES string of the molecule is [2H]C([2H])([2H])Oc1cccc(N)n1. The van der Waals surface area contributed by atoms with Crippen molar-refractivity contribution in [1.29, 1.82) is 0 Å². The Morgan fingerprint density at radius 2 is 2.67 bits per heavy atom. The van der Waals surface area contributed by atoms with Crippen LogP contribution in [0.25, 0.3) is 0 Å². The van der Waals surface area contributed by atoms with Crippen LogP contribution in [0.4, 0.5) is 5.82 Å². The first-order valence-corrected chi connectivity index (χ1v) is 2.39. The van der Waals surface area contributed by atoms with E-state index in [4.69, 9.17) is 9.85 Å². The van der Waals surface area contributed by atoms with Crippen LogP contribution in [0.3, 0.4) is 0 Å². The van der Waals surface area contributed by atoms with Gasteiger partial charge in [-0.2, -0.15) is 4.98 Å². The first kappa shape index (κ1) is 3.06. The van der Waals surface area contributed by atoms with E-state index >= 15 is 0 Å². The molecule has 3 heteroatoms. The van der Waals surface area contributed by atoms with Crippen molar-refractivity contribution < 1.29 is 8.85 Å². The van der Waals surface area contributed by atoms with E-state index in [-0.39, 0.29) is 11.7 Å². The molecule has 2 N–H and O–H groups in total. The predicted octanol–water partition coefficient (Wildman–Crippen LogP) is 0.672. The number of rotatable bonds is 1. The van der Waals surface area contributed by atoms with Crippen LogP contribution >= 0.6 is 0 Å². The Hall–Kier alpha value is -1.25. The first-order chi connectivity index (χ1) is 5.47. The lowest BCUT2D eigenvalue weighted by Gasteiger charge is -1.96. The van der Waals surface area contributed by atoms with Gasteiger partial charge in [-0.05, 0) is 6.07 Å². The van der Waals surface area contributed by atoms with Crippen molar-refractivity contribution in [2.24, 2.45) is 0 Å². The molecule has 0 fully saturated rings. The van der Waals surface area contributed by atoms with E-state index < -0.39 is 7.04 Å². The zero-order valence-corrected chi connectivity index (χ0v) is 4.66. The Bertz CT molecular complexity index is 274. The summed E-state index contributed by atoms with van der Waals surface area (Å²) in [7, 11) is -2.47. The molecule has 0 aromatic carbocycles. The molecule has 48 valence electrons.